The van der Waals surface area contributed by atoms with Crippen LogP contribution in [-0.4, -0.2) is 110 Å². The number of benzene rings is 2. The normalized spacial score (nSPS) is 24.3. The first kappa shape index (κ1) is 43.0. The second-order valence-electron chi connectivity index (χ2n) is 17.1. The first-order valence-corrected chi connectivity index (χ1v) is 20.9. The molecule has 0 bridgehead atoms. The molecule has 1 saturated carbocycles. The number of para-hydroxylation sites is 1. The zero-order valence-corrected chi connectivity index (χ0v) is 35.3. The van der Waals surface area contributed by atoms with E-state index in [1.807, 2.05) is 23.1 Å². The quantitative estimate of drug-likeness (QED) is 0.233. The van der Waals surface area contributed by atoms with Crippen LogP contribution in [0.25, 0.3) is 10.9 Å². The standard InChI is InChI=1S/C42H51F3N10O4S/c1-25-22-51(23-26(2)53(25)24-35(57)47-33-10-6-9-31-36(33)50(5)49-37(31)52-19-17-34(56)48-39(52)59)18-7-8-27-11-14-29(15-12-27)55-40(60)54(38(58)41(55,3)4)30-16-13-28(21-46)32(20-30)42(43,44)45/h6,9-10,13,16,20,25-27,29H,7-8,11-12,14-15,17-19,22-24H2,1-5H3,(H,47,57)(H,48,56,59)/t25-,26+,27-,29-. The van der Waals surface area contributed by atoms with Crippen LogP contribution in [0.2, 0.25) is 0 Å². The summed E-state index contributed by atoms with van der Waals surface area (Å²) in [5.74, 6) is 0.0861. The van der Waals surface area contributed by atoms with E-state index in [4.69, 9.17) is 12.2 Å². The molecule has 18 heteroatoms. The van der Waals surface area contributed by atoms with Gasteiger partial charge in [-0.2, -0.15) is 23.5 Å². The second-order valence-corrected chi connectivity index (χ2v) is 17.5. The molecule has 320 valence electrons. The Morgan fingerprint density at radius 2 is 1.77 bits per heavy atom. The van der Waals surface area contributed by atoms with Crippen molar-refractivity contribution in [3.63, 3.8) is 0 Å². The van der Waals surface area contributed by atoms with Crippen LogP contribution in [0.15, 0.2) is 36.4 Å². The topological polar surface area (TPSA) is 150 Å². The summed E-state index contributed by atoms with van der Waals surface area (Å²) in [6.07, 6.45) is 1.07. The van der Waals surface area contributed by atoms with E-state index < -0.39 is 28.9 Å². The van der Waals surface area contributed by atoms with Gasteiger partial charge in [0.1, 0.15) is 5.54 Å². The van der Waals surface area contributed by atoms with Gasteiger partial charge in [-0.1, -0.05) is 6.07 Å². The molecule has 4 heterocycles. The van der Waals surface area contributed by atoms with Crippen LogP contribution in [0.5, 0.6) is 0 Å². The number of carbonyl (C=O) groups is 4. The molecular weight excluding hydrogens is 798 g/mol. The molecule has 60 heavy (non-hydrogen) atoms. The number of anilines is 3. The lowest BCUT2D eigenvalue weighted by molar-refractivity contribution is -0.137. The fourth-order valence-electron chi connectivity index (χ4n) is 9.65. The molecule has 2 N–H and O–H groups in total. The van der Waals surface area contributed by atoms with Crippen molar-refractivity contribution >= 4 is 69.2 Å². The SMILES string of the molecule is C[C@@H]1CN(CCC[C@H]2CC[C@H](N3C(=S)N(c4ccc(C#N)c(C(F)(F)F)c4)C(=O)C3(C)C)CC2)C[C@H](C)N1CC(=O)Nc1cccc2c(N3CCC(=O)NC3=O)nn(C)c12. The summed E-state index contributed by atoms with van der Waals surface area (Å²) in [6.45, 7) is 10.9. The van der Waals surface area contributed by atoms with E-state index in [2.05, 4.69) is 39.4 Å². The van der Waals surface area contributed by atoms with Crippen molar-refractivity contribution in [2.24, 2.45) is 13.0 Å². The number of amides is 5. The van der Waals surface area contributed by atoms with Gasteiger partial charge in [-0.05, 0) is 121 Å². The molecule has 3 aliphatic heterocycles. The van der Waals surface area contributed by atoms with Crippen molar-refractivity contribution in [2.45, 2.75) is 102 Å². The van der Waals surface area contributed by atoms with Gasteiger partial charge < -0.3 is 15.1 Å². The van der Waals surface area contributed by atoms with E-state index >= 15 is 0 Å². The Hall–Kier alpha value is -5.12. The number of rotatable bonds is 10. The number of halogens is 3. The van der Waals surface area contributed by atoms with Crippen molar-refractivity contribution in [3.05, 3.63) is 47.5 Å². The Bertz CT molecular complexity index is 2240. The number of hydrogen-bond donors (Lipinski definition) is 2. The van der Waals surface area contributed by atoms with Gasteiger partial charge in [-0.25, -0.2) is 4.79 Å². The lowest BCUT2D eigenvalue weighted by Crippen LogP contribution is -2.58. The van der Waals surface area contributed by atoms with E-state index in [1.54, 1.807) is 31.6 Å². The number of imide groups is 1. The molecule has 4 fully saturated rings. The van der Waals surface area contributed by atoms with Crippen LogP contribution in [-0.2, 0) is 27.6 Å². The van der Waals surface area contributed by atoms with Crippen molar-refractivity contribution in [2.75, 3.05) is 47.8 Å². The smallest absolute Gasteiger partial charge is 0.331 e. The van der Waals surface area contributed by atoms with Crippen LogP contribution in [0, 0.1) is 17.2 Å². The number of thiocarbonyl (C=S) groups is 1. The Kier molecular flexibility index (Phi) is 12.0. The van der Waals surface area contributed by atoms with E-state index in [0.717, 1.165) is 70.3 Å². The number of urea groups is 1. The summed E-state index contributed by atoms with van der Waals surface area (Å²) in [6, 6.07) is 10.1. The van der Waals surface area contributed by atoms with Crippen molar-refractivity contribution in [1.29, 1.82) is 5.26 Å². The first-order chi connectivity index (χ1) is 28.4. The molecule has 0 radical (unpaired) electrons. The minimum atomic E-state index is -4.75. The van der Waals surface area contributed by atoms with Crippen molar-refractivity contribution in [1.82, 2.24) is 29.8 Å². The molecule has 3 aromatic rings. The average molecular weight is 849 g/mol. The first-order valence-electron chi connectivity index (χ1n) is 20.5. The molecule has 1 aliphatic carbocycles. The van der Waals surface area contributed by atoms with Gasteiger partial charge in [-0.3, -0.25) is 39.1 Å². The van der Waals surface area contributed by atoms with Crippen LogP contribution >= 0.6 is 12.2 Å². The van der Waals surface area contributed by atoms with Crippen LogP contribution in [0.4, 0.5) is 35.2 Å². The minimum absolute atomic E-state index is 0.00838. The van der Waals surface area contributed by atoms with Gasteiger partial charge in [0, 0.05) is 56.6 Å². The molecular formula is C42H51F3N10O4S. The molecule has 2 aromatic carbocycles. The number of nitrogens with zero attached hydrogens (tertiary/aromatic N) is 8. The van der Waals surface area contributed by atoms with E-state index in [-0.39, 0.29) is 66.2 Å². The maximum atomic E-state index is 13.8. The Morgan fingerprint density at radius 3 is 2.42 bits per heavy atom. The molecule has 4 aliphatic rings. The number of piperazine rings is 1. The lowest BCUT2D eigenvalue weighted by atomic mass is 9.82. The number of alkyl halides is 3. The highest BCUT2D eigenvalue weighted by molar-refractivity contribution is 7.80. The zero-order valence-electron chi connectivity index (χ0n) is 34.5. The summed E-state index contributed by atoms with van der Waals surface area (Å²) in [5, 5.41) is 20.1. The van der Waals surface area contributed by atoms with Gasteiger partial charge in [0.2, 0.25) is 11.8 Å². The molecule has 2 atom stereocenters. The predicted octanol–water partition coefficient (Wildman–Crippen LogP) is 5.99. The summed E-state index contributed by atoms with van der Waals surface area (Å²) < 4.78 is 42.9. The molecule has 14 nitrogen and oxygen atoms in total. The lowest BCUT2D eigenvalue weighted by Gasteiger charge is -2.44. The molecule has 3 saturated heterocycles. The van der Waals surface area contributed by atoms with E-state index in [9.17, 15) is 37.6 Å². The monoisotopic (exact) mass is 848 g/mol. The predicted molar refractivity (Wildman–Crippen MR) is 224 cm³/mol. The number of carbonyl (C=O) groups excluding carboxylic acids is 4. The third-order valence-corrected chi connectivity index (χ3v) is 13.0. The fraction of sp³-hybridized carbons (Fsp3) is 0.548. The van der Waals surface area contributed by atoms with Crippen LogP contribution < -0.4 is 20.4 Å². The number of aromatic nitrogens is 2. The van der Waals surface area contributed by atoms with Crippen molar-refractivity contribution in [3.8, 4) is 6.07 Å². The van der Waals surface area contributed by atoms with Gasteiger partial charge in [0.15, 0.2) is 10.9 Å². The number of nitriles is 1. The molecule has 0 spiro atoms. The summed E-state index contributed by atoms with van der Waals surface area (Å²) in [5.41, 5.74) is -1.36. The van der Waals surface area contributed by atoms with Gasteiger partial charge in [-0.15, -0.1) is 0 Å². The maximum Gasteiger partial charge on any atom is 0.417 e. The Balaban J connectivity index is 0.884. The van der Waals surface area contributed by atoms with Gasteiger partial charge >= 0.3 is 12.2 Å². The Labute approximate surface area is 352 Å². The Morgan fingerprint density at radius 1 is 1.07 bits per heavy atom. The number of hydrogen-bond acceptors (Lipinski definition) is 9. The van der Waals surface area contributed by atoms with Crippen LogP contribution in [0.3, 0.4) is 0 Å². The van der Waals surface area contributed by atoms with Gasteiger partial charge in [0.05, 0.1) is 40.6 Å². The zero-order chi connectivity index (χ0) is 43.3. The minimum Gasteiger partial charge on any atom is -0.331 e. The highest BCUT2D eigenvalue weighted by Gasteiger charge is 2.52. The molecule has 1 aromatic heterocycles. The number of aryl methyl sites for hydroxylation is 1. The van der Waals surface area contributed by atoms with E-state index in [0.29, 0.717) is 28.3 Å². The van der Waals surface area contributed by atoms with Crippen LogP contribution in [0.1, 0.15) is 83.8 Å². The summed E-state index contributed by atoms with van der Waals surface area (Å²) in [7, 11) is 1.76. The highest BCUT2D eigenvalue weighted by atomic mass is 32.1. The number of fused-ring (bicyclic) bond motifs is 1. The summed E-state index contributed by atoms with van der Waals surface area (Å²) >= 11 is 5.78. The average Bonchev–Trinajstić information content (AvgIpc) is 3.61. The van der Waals surface area contributed by atoms with Crippen molar-refractivity contribution < 1.29 is 32.3 Å². The second kappa shape index (κ2) is 16.7. The fourth-order valence-corrected chi connectivity index (χ4v) is 10.2. The number of nitrogens with one attached hydrogen (secondary N) is 2. The van der Waals surface area contributed by atoms with Gasteiger partial charge in [0.25, 0.3) is 5.91 Å². The summed E-state index contributed by atoms with van der Waals surface area (Å²) in [4.78, 5) is 60.7. The third-order valence-electron chi connectivity index (χ3n) is 12.6. The largest absolute Gasteiger partial charge is 0.417 e. The van der Waals surface area contributed by atoms with E-state index in [1.165, 1.54) is 15.9 Å². The highest BCUT2D eigenvalue weighted by Crippen LogP contribution is 2.42. The molecule has 5 amide bonds. The molecule has 0 unspecified atom stereocenters. The third kappa shape index (κ3) is 8.31. The maximum absolute atomic E-state index is 13.8. The molecule has 7 rings (SSSR count).